The Balaban J connectivity index is 1.54. The lowest BCUT2D eigenvalue weighted by Crippen LogP contribution is -2.44. The van der Waals surface area contributed by atoms with Crippen LogP contribution in [-0.2, 0) is 14.8 Å². The quantitative estimate of drug-likeness (QED) is 0.704. The first-order chi connectivity index (χ1) is 14.2. The molecule has 0 unspecified atom stereocenters. The maximum atomic E-state index is 12.6. The zero-order valence-corrected chi connectivity index (χ0v) is 18.5. The van der Waals surface area contributed by atoms with Crippen molar-refractivity contribution in [2.45, 2.75) is 37.6 Å². The maximum absolute atomic E-state index is 12.6. The van der Waals surface area contributed by atoms with Gasteiger partial charge in [0, 0.05) is 11.7 Å². The van der Waals surface area contributed by atoms with Gasteiger partial charge in [0.15, 0.2) is 6.61 Å². The summed E-state index contributed by atoms with van der Waals surface area (Å²) in [5.74, 6) is 0.275. The van der Waals surface area contributed by atoms with Gasteiger partial charge in [0.1, 0.15) is 5.75 Å². The second-order valence-electron chi connectivity index (χ2n) is 7.89. The summed E-state index contributed by atoms with van der Waals surface area (Å²) in [4.78, 5) is 14.5. The van der Waals surface area contributed by atoms with E-state index < -0.39 is 10.0 Å². The van der Waals surface area contributed by atoms with E-state index in [1.54, 1.807) is 24.3 Å². The number of aryl methyl sites for hydroxylation is 2. The molecule has 8 heteroatoms. The number of hydrogen-bond donors (Lipinski definition) is 2. The number of piperidine rings is 1. The first-order valence-electron chi connectivity index (χ1n) is 10.0. The second-order valence-corrected chi connectivity index (χ2v) is 9.57. The van der Waals surface area contributed by atoms with E-state index in [1.165, 1.54) is 12.1 Å². The number of hydrogen-bond acceptors (Lipinski definition) is 5. The Morgan fingerprint density at radius 3 is 2.27 bits per heavy atom. The number of likely N-dealkylation sites (tertiary alicyclic amines) is 1. The fraction of sp³-hybridized carbons (Fsp3) is 0.409. The van der Waals surface area contributed by atoms with Crippen molar-refractivity contribution in [2.75, 3.05) is 31.5 Å². The summed E-state index contributed by atoms with van der Waals surface area (Å²) in [5.41, 5.74) is 2.49. The van der Waals surface area contributed by atoms with Gasteiger partial charge >= 0.3 is 0 Å². The van der Waals surface area contributed by atoms with Crippen LogP contribution in [0.15, 0.2) is 47.4 Å². The molecule has 0 spiro atoms. The van der Waals surface area contributed by atoms with Crippen LogP contribution in [0.2, 0.25) is 0 Å². The summed E-state index contributed by atoms with van der Waals surface area (Å²) in [6.07, 6.45) is 1.87. The van der Waals surface area contributed by atoms with Crippen LogP contribution >= 0.6 is 0 Å². The fourth-order valence-electron chi connectivity index (χ4n) is 3.53. The minimum absolute atomic E-state index is 0.0980. The van der Waals surface area contributed by atoms with Crippen molar-refractivity contribution in [3.8, 4) is 5.75 Å². The van der Waals surface area contributed by atoms with Crippen LogP contribution in [0, 0.1) is 13.8 Å². The summed E-state index contributed by atoms with van der Waals surface area (Å²) >= 11 is 0. The van der Waals surface area contributed by atoms with Gasteiger partial charge in [-0.05, 0) is 94.4 Å². The molecule has 0 atom stereocenters. The smallest absolute Gasteiger partial charge is 0.261 e. The van der Waals surface area contributed by atoms with E-state index in [4.69, 9.17) is 4.74 Å². The van der Waals surface area contributed by atoms with Crippen molar-refractivity contribution in [1.82, 2.24) is 10.2 Å². The zero-order chi connectivity index (χ0) is 21.7. The van der Waals surface area contributed by atoms with Crippen molar-refractivity contribution in [1.29, 1.82) is 0 Å². The van der Waals surface area contributed by atoms with Crippen LogP contribution in [0.3, 0.4) is 0 Å². The van der Waals surface area contributed by atoms with Gasteiger partial charge in [-0.2, -0.15) is 0 Å². The Hall–Kier alpha value is -2.58. The average Bonchev–Trinajstić information content (AvgIpc) is 2.67. The molecular formula is C22H29N3O4S. The van der Waals surface area contributed by atoms with Gasteiger partial charge in [0.05, 0.1) is 4.90 Å². The number of benzene rings is 2. The Kier molecular flexibility index (Phi) is 6.99. The molecule has 0 aliphatic carbocycles. The summed E-state index contributed by atoms with van der Waals surface area (Å²) in [5, 5.41) is 2.99. The van der Waals surface area contributed by atoms with Gasteiger partial charge < -0.3 is 15.0 Å². The number of amides is 1. The standard InChI is InChI=1S/C22H29N3O4S/c1-16-12-17(2)14-19(13-16)24-30(27,28)21-6-4-20(5-7-21)29-15-22(26)23-18-8-10-25(3)11-9-18/h4-7,12-14,18,24H,8-11,15H2,1-3H3,(H,23,26). The minimum Gasteiger partial charge on any atom is -0.484 e. The SMILES string of the molecule is Cc1cc(C)cc(NS(=O)(=O)c2ccc(OCC(=O)NC3CCN(C)CC3)cc2)c1. The van der Waals surface area contributed by atoms with Crippen LogP contribution in [0.1, 0.15) is 24.0 Å². The van der Waals surface area contributed by atoms with E-state index in [9.17, 15) is 13.2 Å². The molecule has 2 N–H and O–H groups in total. The largest absolute Gasteiger partial charge is 0.484 e. The molecule has 162 valence electrons. The average molecular weight is 432 g/mol. The second kappa shape index (κ2) is 9.49. The molecule has 0 aromatic heterocycles. The van der Waals surface area contributed by atoms with Gasteiger partial charge in [-0.15, -0.1) is 0 Å². The third kappa shape index (κ3) is 6.21. The van der Waals surface area contributed by atoms with E-state index in [0.29, 0.717) is 11.4 Å². The number of ether oxygens (including phenoxy) is 1. The van der Waals surface area contributed by atoms with E-state index in [-0.39, 0.29) is 23.5 Å². The van der Waals surface area contributed by atoms with Crippen molar-refractivity contribution in [2.24, 2.45) is 0 Å². The number of nitrogens with one attached hydrogen (secondary N) is 2. The highest BCUT2D eigenvalue weighted by atomic mass is 32.2. The lowest BCUT2D eigenvalue weighted by atomic mass is 10.1. The lowest BCUT2D eigenvalue weighted by Gasteiger charge is -2.29. The Bertz CT molecular complexity index is 962. The summed E-state index contributed by atoms with van der Waals surface area (Å²) in [7, 11) is -1.64. The normalized spacial score (nSPS) is 15.6. The fourth-order valence-corrected chi connectivity index (χ4v) is 4.57. The van der Waals surface area contributed by atoms with E-state index in [1.807, 2.05) is 19.9 Å². The van der Waals surface area contributed by atoms with Gasteiger partial charge in [-0.1, -0.05) is 6.07 Å². The van der Waals surface area contributed by atoms with E-state index >= 15 is 0 Å². The Labute approximate surface area is 178 Å². The Morgan fingerprint density at radius 1 is 1.07 bits per heavy atom. The number of carbonyl (C=O) groups excluding carboxylic acids is 1. The summed E-state index contributed by atoms with van der Waals surface area (Å²) < 4.78 is 33.4. The molecule has 2 aromatic carbocycles. The van der Waals surface area contributed by atoms with Gasteiger partial charge in [-0.25, -0.2) is 8.42 Å². The maximum Gasteiger partial charge on any atom is 0.261 e. The molecule has 7 nitrogen and oxygen atoms in total. The highest BCUT2D eigenvalue weighted by molar-refractivity contribution is 7.92. The molecule has 1 aliphatic heterocycles. The first-order valence-corrected chi connectivity index (χ1v) is 11.5. The highest BCUT2D eigenvalue weighted by Gasteiger charge is 2.19. The zero-order valence-electron chi connectivity index (χ0n) is 17.6. The van der Waals surface area contributed by atoms with E-state index in [0.717, 1.165) is 37.1 Å². The highest BCUT2D eigenvalue weighted by Crippen LogP contribution is 2.21. The monoisotopic (exact) mass is 431 g/mol. The van der Waals surface area contributed by atoms with E-state index in [2.05, 4.69) is 22.0 Å². The molecule has 1 aliphatic rings. The lowest BCUT2D eigenvalue weighted by molar-refractivity contribution is -0.124. The number of anilines is 1. The van der Waals surface area contributed by atoms with Crippen LogP contribution in [0.4, 0.5) is 5.69 Å². The number of nitrogens with zero attached hydrogens (tertiary/aromatic N) is 1. The predicted octanol–water partition coefficient (Wildman–Crippen LogP) is 2.69. The molecule has 1 amide bonds. The van der Waals surface area contributed by atoms with Gasteiger partial charge in [0.25, 0.3) is 15.9 Å². The third-order valence-electron chi connectivity index (χ3n) is 5.06. The van der Waals surface area contributed by atoms with Crippen LogP contribution in [0.25, 0.3) is 0 Å². The van der Waals surface area contributed by atoms with Crippen LogP contribution < -0.4 is 14.8 Å². The van der Waals surface area contributed by atoms with Gasteiger partial charge in [0.2, 0.25) is 0 Å². The predicted molar refractivity (Wildman–Crippen MR) is 117 cm³/mol. The molecule has 1 fully saturated rings. The van der Waals surface area contributed by atoms with Crippen molar-refractivity contribution in [3.63, 3.8) is 0 Å². The molecule has 30 heavy (non-hydrogen) atoms. The molecule has 0 radical (unpaired) electrons. The molecule has 0 bridgehead atoms. The number of rotatable bonds is 7. The summed E-state index contributed by atoms with van der Waals surface area (Å²) in [6.45, 7) is 5.68. The summed E-state index contributed by atoms with van der Waals surface area (Å²) in [6, 6.07) is 11.8. The van der Waals surface area contributed by atoms with Crippen molar-refractivity contribution >= 4 is 21.6 Å². The third-order valence-corrected chi connectivity index (χ3v) is 6.46. The number of carbonyl (C=O) groups is 1. The molecule has 0 saturated carbocycles. The molecular weight excluding hydrogens is 402 g/mol. The van der Waals surface area contributed by atoms with Crippen LogP contribution in [-0.4, -0.2) is 52.0 Å². The van der Waals surface area contributed by atoms with Crippen LogP contribution in [0.5, 0.6) is 5.75 Å². The molecule has 1 saturated heterocycles. The van der Waals surface area contributed by atoms with Crippen molar-refractivity contribution in [3.05, 3.63) is 53.6 Å². The Morgan fingerprint density at radius 2 is 1.67 bits per heavy atom. The van der Waals surface area contributed by atoms with Gasteiger partial charge in [-0.3, -0.25) is 9.52 Å². The topological polar surface area (TPSA) is 87.7 Å². The minimum atomic E-state index is -3.71. The molecule has 1 heterocycles. The number of sulfonamides is 1. The first kappa shape index (κ1) is 22.1. The molecule has 2 aromatic rings. The molecule has 3 rings (SSSR count). The van der Waals surface area contributed by atoms with Crippen molar-refractivity contribution < 1.29 is 17.9 Å².